The summed E-state index contributed by atoms with van der Waals surface area (Å²) in [6, 6.07) is 0. The molecule has 1 aromatic rings. The van der Waals surface area contributed by atoms with Crippen LogP contribution in [0, 0.1) is 0 Å². The van der Waals surface area contributed by atoms with E-state index >= 15 is 0 Å². The van der Waals surface area contributed by atoms with Gasteiger partial charge in [-0.15, -0.1) is 0 Å². The molecule has 1 saturated heterocycles. The Balaban J connectivity index is 2.13. The van der Waals surface area contributed by atoms with Crippen LogP contribution in [0.4, 0.5) is 0 Å². The molecule has 0 radical (unpaired) electrons. The van der Waals surface area contributed by atoms with Gasteiger partial charge in [0.2, 0.25) is 0 Å². The molecule has 0 bridgehead atoms. The zero-order chi connectivity index (χ0) is 11.6. The Morgan fingerprint density at radius 1 is 1.69 bits per heavy atom. The largest absolute Gasteiger partial charge is 0.388 e. The second-order valence-electron chi connectivity index (χ2n) is 4.53. The first-order valence-corrected chi connectivity index (χ1v) is 7.04. The average molecular weight is 240 g/mol. The molecule has 2 atom stereocenters. The number of thioether (sulfide) groups is 1. The van der Waals surface area contributed by atoms with Gasteiger partial charge in [-0.25, -0.2) is 4.98 Å². The maximum Gasteiger partial charge on any atom is 0.111 e. The number of aliphatic hydroxyl groups is 1. The number of hydrogen-bond acceptors (Lipinski definition) is 3. The molecule has 90 valence electrons. The smallest absolute Gasteiger partial charge is 0.111 e. The second kappa shape index (κ2) is 4.80. The lowest BCUT2D eigenvalue weighted by Crippen LogP contribution is -2.44. The number of imidazole rings is 1. The van der Waals surface area contributed by atoms with Crippen LogP contribution in [0.5, 0.6) is 0 Å². The molecule has 2 rings (SSSR count). The van der Waals surface area contributed by atoms with E-state index in [1.165, 1.54) is 5.75 Å². The number of aryl methyl sites for hydroxylation is 1. The zero-order valence-corrected chi connectivity index (χ0v) is 10.8. The third-order valence-electron chi connectivity index (χ3n) is 3.49. The summed E-state index contributed by atoms with van der Waals surface area (Å²) in [4.78, 5) is 4.35. The highest BCUT2D eigenvalue weighted by molar-refractivity contribution is 8.00. The van der Waals surface area contributed by atoms with Crippen molar-refractivity contribution in [3.8, 4) is 0 Å². The fourth-order valence-electron chi connectivity index (χ4n) is 2.30. The number of rotatable bonds is 3. The molecule has 0 amide bonds. The Kier molecular flexibility index (Phi) is 3.60. The highest BCUT2D eigenvalue weighted by Gasteiger charge is 2.37. The van der Waals surface area contributed by atoms with Gasteiger partial charge in [-0.2, -0.15) is 11.8 Å². The molecule has 16 heavy (non-hydrogen) atoms. The van der Waals surface area contributed by atoms with E-state index in [0.29, 0.717) is 11.7 Å². The minimum absolute atomic E-state index is 0.309. The molecule has 1 aliphatic heterocycles. The highest BCUT2D eigenvalue weighted by atomic mass is 32.2. The minimum atomic E-state index is -0.568. The Hall–Kier alpha value is -0.480. The second-order valence-corrected chi connectivity index (χ2v) is 5.98. The van der Waals surface area contributed by atoms with Crippen molar-refractivity contribution in [3.63, 3.8) is 0 Å². The fourth-order valence-corrected chi connectivity index (χ4v) is 3.47. The van der Waals surface area contributed by atoms with Crippen LogP contribution in [0.2, 0.25) is 0 Å². The predicted octanol–water partition coefficient (Wildman–Crippen LogP) is 2.09. The summed E-state index contributed by atoms with van der Waals surface area (Å²) in [7, 11) is 0. The molecule has 1 N–H and O–H groups in total. The van der Waals surface area contributed by atoms with Gasteiger partial charge in [0.25, 0.3) is 0 Å². The monoisotopic (exact) mass is 240 g/mol. The summed E-state index contributed by atoms with van der Waals surface area (Å²) in [6.45, 7) is 5.16. The van der Waals surface area contributed by atoms with E-state index in [1.54, 1.807) is 0 Å². The lowest BCUT2D eigenvalue weighted by Gasteiger charge is -2.37. The molecule has 1 aromatic heterocycles. The zero-order valence-electron chi connectivity index (χ0n) is 10.0. The van der Waals surface area contributed by atoms with Crippen molar-refractivity contribution < 1.29 is 5.11 Å². The molecule has 0 saturated carbocycles. The van der Waals surface area contributed by atoms with Crippen LogP contribution in [-0.4, -0.2) is 31.3 Å². The number of aromatic nitrogens is 2. The topological polar surface area (TPSA) is 38.0 Å². The Morgan fingerprint density at radius 2 is 2.50 bits per heavy atom. The number of hydrogen-bond donors (Lipinski definition) is 1. The van der Waals surface area contributed by atoms with Crippen molar-refractivity contribution in [2.45, 2.75) is 50.5 Å². The van der Waals surface area contributed by atoms with Crippen molar-refractivity contribution in [3.05, 3.63) is 18.2 Å². The quantitative estimate of drug-likeness (QED) is 0.879. The van der Waals surface area contributed by atoms with Gasteiger partial charge in [0, 0.05) is 30.6 Å². The highest BCUT2D eigenvalue weighted by Crippen LogP contribution is 2.35. The number of nitrogens with zero attached hydrogens (tertiary/aromatic N) is 2. The molecule has 1 aliphatic rings. The van der Waals surface area contributed by atoms with E-state index in [4.69, 9.17) is 0 Å². The third-order valence-corrected chi connectivity index (χ3v) is 4.95. The first-order valence-electron chi connectivity index (χ1n) is 5.99. The van der Waals surface area contributed by atoms with Gasteiger partial charge in [0.05, 0.1) is 5.60 Å². The maximum atomic E-state index is 10.7. The summed E-state index contributed by atoms with van der Waals surface area (Å²) in [5, 5.41) is 11.0. The standard InChI is InChI=1S/C12H20N2OS/c1-3-14-7-6-13-11(14)9-12(15)5-4-8-16-10(12)2/h6-7,10,15H,3-5,8-9H2,1-2H3. The van der Waals surface area contributed by atoms with Gasteiger partial charge in [0.15, 0.2) is 0 Å². The van der Waals surface area contributed by atoms with Gasteiger partial charge in [-0.3, -0.25) is 0 Å². The fraction of sp³-hybridized carbons (Fsp3) is 0.750. The lowest BCUT2D eigenvalue weighted by atomic mass is 9.90. The maximum absolute atomic E-state index is 10.7. The Bertz CT molecular complexity index is 353. The molecule has 2 heterocycles. The minimum Gasteiger partial charge on any atom is -0.388 e. The van der Waals surface area contributed by atoms with E-state index in [1.807, 2.05) is 24.2 Å². The molecule has 2 unspecified atom stereocenters. The molecule has 0 spiro atoms. The van der Waals surface area contributed by atoms with E-state index in [2.05, 4.69) is 23.4 Å². The molecule has 3 nitrogen and oxygen atoms in total. The average Bonchev–Trinajstić information content (AvgIpc) is 2.70. The van der Waals surface area contributed by atoms with Crippen LogP contribution in [0.1, 0.15) is 32.5 Å². The van der Waals surface area contributed by atoms with E-state index < -0.39 is 5.60 Å². The molecule has 0 aliphatic carbocycles. The van der Waals surface area contributed by atoms with Crippen molar-refractivity contribution >= 4 is 11.8 Å². The van der Waals surface area contributed by atoms with Gasteiger partial charge in [-0.05, 0) is 25.5 Å². The van der Waals surface area contributed by atoms with Crippen molar-refractivity contribution in [1.29, 1.82) is 0 Å². The summed E-state index contributed by atoms with van der Waals surface area (Å²) in [5.74, 6) is 2.19. The van der Waals surface area contributed by atoms with Gasteiger partial charge in [0.1, 0.15) is 5.82 Å². The summed E-state index contributed by atoms with van der Waals surface area (Å²) in [5.41, 5.74) is -0.568. The molecule has 1 fully saturated rings. The van der Waals surface area contributed by atoms with E-state index in [0.717, 1.165) is 25.2 Å². The third kappa shape index (κ3) is 2.28. The SMILES string of the molecule is CCn1ccnc1CC1(O)CCCSC1C. The van der Waals surface area contributed by atoms with Gasteiger partial charge >= 0.3 is 0 Å². The normalized spacial score (nSPS) is 30.6. The van der Waals surface area contributed by atoms with Crippen LogP contribution in [0.3, 0.4) is 0 Å². The predicted molar refractivity (Wildman–Crippen MR) is 67.7 cm³/mol. The molecule has 0 aromatic carbocycles. The lowest BCUT2D eigenvalue weighted by molar-refractivity contribution is 0.0271. The van der Waals surface area contributed by atoms with Gasteiger partial charge < -0.3 is 9.67 Å². The van der Waals surface area contributed by atoms with Gasteiger partial charge in [-0.1, -0.05) is 6.92 Å². The Morgan fingerprint density at radius 3 is 3.19 bits per heavy atom. The first kappa shape index (κ1) is 12.0. The molecule has 4 heteroatoms. The van der Waals surface area contributed by atoms with Crippen molar-refractivity contribution in [2.75, 3.05) is 5.75 Å². The van der Waals surface area contributed by atoms with Crippen LogP contribution in [-0.2, 0) is 13.0 Å². The van der Waals surface area contributed by atoms with E-state index in [9.17, 15) is 5.11 Å². The molecular weight excluding hydrogens is 220 g/mol. The van der Waals surface area contributed by atoms with Crippen LogP contribution in [0.15, 0.2) is 12.4 Å². The first-order chi connectivity index (χ1) is 7.65. The van der Waals surface area contributed by atoms with Crippen molar-refractivity contribution in [2.24, 2.45) is 0 Å². The Labute approximate surface area is 101 Å². The summed E-state index contributed by atoms with van der Waals surface area (Å²) < 4.78 is 2.12. The van der Waals surface area contributed by atoms with Crippen LogP contribution < -0.4 is 0 Å². The van der Waals surface area contributed by atoms with Crippen LogP contribution in [0.25, 0.3) is 0 Å². The molecular formula is C12H20N2OS. The summed E-state index contributed by atoms with van der Waals surface area (Å²) in [6.07, 6.45) is 6.50. The van der Waals surface area contributed by atoms with Crippen molar-refractivity contribution in [1.82, 2.24) is 9.55 Å². The summed E-state index contributed by atoms with van der Waals surface area (Å²) >= 11 is 1.87. The van der Waals surface area contributed by atoms with E-state index in [-0.39, 0.29) is 0 Å². The van der Waals surface area contributed by atoms with Crippen LogP contribution >= 0.6 is 11.8 Å².